The number of amides is 1. The third-order valence-electron chi connectivity index (χ3n) is 1.79. The number of rotatable bonds is 5. The van der Waals surface area contributed by atoms with Gasteiger partial charge in [-0.3, -0.25) is 4.79 Å². The van der Waals surface area contributed by atoms with Crippen molar-refractivity contribution in [2.75, 3.05) is 13.2 Å². The van der Waals surface area contributed by atoms with Crippen LogP contribution in [0.25, 0.3) is 0 Å². The van der Waals surface area contributed by atoms with E-state index in [0.717, 1.165) is 0 Å². The molecule has 0 saturated heterocycles. The third kappa shape index (κ3) is 4.61. The number of carbonyl (C=O) groups excluding carboxylic acids is 1. The van der Waals surface area contributed by atoms with Crippen molar-refractivity contribution < 1.29 is 9.53 Å². The number of carbonyl (C=O) groups is 1. The molecule has 4 nitrogen and oxygen atoms in total. The molecule has 0 atom stereocenters. The van der Waals surface area contributed by atoms with Crippen molar-refractivity contribution in [2.45, 2.75) is 13.8 Å². The Bertz CT molecular complexity index is 356. The van der Waals surface area contributed by atoms with Crippen LogP contribution < -0.4 is 10.1 Å². The summed E-state index contributed by atoms with van der Waals surface area (Å²) in [5, 5.41) is 2.77. The lowest BCUT2D eigenvalue weighted by Crippen LogP contribution is -2.31. The number of hydrogen-bond acceptors (Lipinski definition) is 3. The zero-order chi connectivity index (χ0) is 12.0. The number of ether oxygens (including phenoxy) is 1. The molecular formula is C11H15BrN2O2. The molecule has 0 saturated carbocycles. The first-order chi connectivity index (χ1) is 7.59. The topological polar surface area (TPSA) is 51.2 Å². The molecule has 0 spiro atoms. The molecule has 5 heteroatoms. The van der Waals surface area contributed by atoms with Gasteiger partial charge in [0.2, 0.25) is 0 Å². The van der Waals surface area contributed by atoms with Gasteiger partial charge in [-0.15, -0.1) is 0 Å². The van der Waals surface area contributed by atoms with Gasteiger partial charge in [-0.05, 0) is 34.0 Å². The highest BCUT2D eigenvalue weighted by Gasteiger charge is 2.05. The summed E-state index contributed by atoms with van der Waals surface area (Å²) < 4.78 is 5.91. The van der Waals surface area contributed by atoms with Gasteiger partial charge in [-0.1, -0.05) is 13.8 Å². The predicted molar refractivity (Wildman–Crippen MR) is 65.3 cm³/mol. The Labute approximate surface area is 104 Å². The van der Waals surface area contributed by atoms with Crippen molar-refractivity contribution in [3.8, 4) is 5.75 Å². The van der Waals surface area contributed by atoms with E-state index >= 15 is 0 Å². The number of halogens is 1. The van der Waals surface area contributed by atoms with Crippen molar-refractivity contribution in [1.29, 1.82) is 0 Å². The second kappa shape index (κ2) is 6.48. The molecule has 0 aliphatic rings. The fourth-order valence-corrected chi connectivity index (χ4v) is 1.36. The van der Waals surface area contributed by atoms with Crippen LogP contribution in [-0.2, 0) is 4.79 Å². The molecule has 0 aliphatic heterocycles. The summed E-state index contributed by atoms with van der Waals surface area (Å²) in [6.45, 7) is 4.76. The van der Waals surface area contributed by atoms with E-state index in [1.54, 1.807) is 18.3 Å². The molecule has 0 fully saturated rings. The van der Waals surface area contributed by atoms with Gasteiger partial charge >= 0.3 is 0 Å². The quantitative estimate of drug-likeness (QED) is 0.843. The maximum Gasteiger partial charge on any atom is 0.257 e. The van der Waals surface area contributed by atoms with E-state index in [1.807, 2.05) is 13.8 Å². The lowest BCUT2D eigenvalue weighted by Gasteiger charge is -2.09. The Morgan fingerprint density at radius 2 is 2.38 bits per heavy atom. The van der Waals surface area contributed by atoms with Gasteiger partial charge in [0.1, 0.15) is 4.60 Å². The largest absolute Gasteiger partial charge is 0.481 e. The van der Waals surface area contributed by atoms with E-state index in [4.69, 9.17) is 4.74 Å². The van der Waals surface area contributed by atoms with Gasteiger partial charge in [0.15, 0.2) is 12.4 Å². The van der Waals surface area contributed by atoms with Crippen LogP contribution in [0.4, 0.5) is 0 Å². The van der Waals surface area contributed by atoms with Crippen LogP contribution in [0.2, 0.25) is 0 Å². The molecular weight excluding hydrogens is 272 g/mol. The van der Waals surface area contributed by atoms with Gasteiger partial charge < -0.3 is 10.1 Å². The van der Waals surface area contributed by atoms with Crippen molar-refractivity contribution in [3.05, 3.63) is 22.9 Å². The normalized spacial score (nSPS) is 10.2. The van der Waals surface area contributed by atoms with Gasteiger partial charge in [-0.2, -0.15) is 0 Å². The summed E-state index contributed by atoms with van der Waals surface area (Å²) >= 11 is 3.24. The molecule has 1 aromatic rings. The monoisotopic (exact) mass is 286 g/mol. The average molecular weight is 287 g/mol. The van der Waals surface area contributed by atoms with E-state index in [2.05, 4.69) is 26.2 Å². The zero-order valence-electron chi connectivity index (χ0n) is 9.37. The van der Waals surface area contributed by atoms with E-state index in [-0.39, 0.29) is 12.5 Å². The Morgan fingerprint density at radius 1 is 1.62 bits per heavy atom. The van der Waals surface area contributed by atoms with Crippen LogP contribution in [0, 0.1) is 5.92 Å². The highest BCUT2D eigenvalue weighted by Crippen LogP contribution is 2.20. The standard InChI is InChI=1S/C11H15BrN2O2/c1-8(2)6-14-10(15)7-16-9-4-3-5-13-11(9)12/h3-5,8H,6-7H2,1-2H3,(H,14,15). The molecule has 1 heterocycles. The minimum atomic E-state index is -0.121. The summed E-state index contributed by atoms with van der Waals surface area (Å²) in [5.41, 5.74) is 0. The molecule has 0 bridgehead atoms. The molecule has 0 aliphatic carbocycles. The first kappa shape index (κ1) is 13.0. The number of hydrogen-bond donors (Lipinski definition) is 1. The highest BCUT2D eigenvalue weighted by atomic mass is 79.9. The molecule has 1 N–H and O–H groups in total. The summed E-state index contributed by atoms with van der Waals surface area (Å²) in [6, 6.07) is 3.51. The van der Waals surface area contributed by atoms with Gasteiger partial charge in [0, 0.05) is 12.7 Å². The molecule has 1 aromatic heterocycles. The van der Waals surface area contributed by atoms with Crippen molar-refractivity contribution in [1.82, 2.24) is 10.3 Å². The number of nitrogens with zero attached hydrogens (tertiary/aromatic N) is 1. The molecule has 1 rings (SSSR count). The van der Waals surface area contributed by atoms with Gasteiger partial charge in [0.05, 0.1) is 0 Å². The molecule has 88 valence electrons. The Morgan fingerprint density at radius 3 is 3.00 bits per heavy atom. The van der Waals surface area contributed by atoms with E-state index in [9.17, 15) is 4.79 Å². The van der Waals surface area contributed by atoms with Crippen LogP contribution in [0.15, 0.2) is 22.9 Å². The molecule has 0 radical (unpaired) electrons. The second-order valence-corrected chi connectivity index (χ2v) is 4.53. The van der Waals surface area contributed by atoms with Crippen LogP contribution in [0.3, 0.4) is 0 Å². The maximum atomic E-state index is 11.4. The summed E-state index contributed by atoms with van der Waals surface area (Å²) in [7, 11) is 0. The van der Waals surface area contributed by atoms with Gasteiger partial charge in [0.25, 0.3) is 5.91 Å². The third-order valence-corrected chi connectivity index (χ3v) is 2.39. The Balaban J connectivity index is 2.35. The van der Waals surface area contributed by atoms with E-state index < -0.39 is 0 Å². The fraction of sp³-hybridized carbons (Fsp3) is 0.455. The maximum absolute atomic E-state index is 11.4. The smallest absolute Gasteiger partial charge is 0.257 e. The van der Waals surface area contributed by atoms with E-state index in [1.165, 1.54) is 0 Å². The summed E-state index contributed by atoms with van der Waals surface area (Å²) in [5.74, 6) is 0.890. The molecule has 16 heavy (non-hydrogen) atoms. The number of aromatic nitrogens is 1. The Kier molecular flexibility index (Phi) is 5.25. The molecule has 0 aromatic carbocycles. The van der Waals surface area contributed by atoms with Crippen LogP contribution >= 0.6 is 15.9 Å². The van der Waals surface area contributed by atoms with Crippen LogP contribution in [0.1, 0.15) is 13.8 Å². The lowest BCUT2D eigenvalue weighted by atomic mass is 10.2. The minimum absolute atomic E-state index is 0.0109. The minimum Gasteiger partial charge on any atom is -0.481 e. The van der Waals surface area contributed by atoms with E-state index in [0.29, 0.717) is 22.8 Å². The van der Waals surface area contributed by atoms with Crippen molar-refractivity contribution >= 4 is 21.8 Å². The van der Waals surface area contributed by atoms with Crippen molar-refractivity contribution in [3.63, 3.8) is 0 Å². The average Bonchev–Trinajstić information content (AvgIpc) is 2.25. The van der Waals surface area contributed by atoms with Crippen molar-refractivity contribution in [2.24, 2.45) is 5.92 Å². The van der Waals surface area contributed by atoms with Gasteiger partial charge in [-0.25, -0.2) is 4.98 Å². The summed E-state index contributed by atoms with van der Waals surface area (Å²) in [4.78, 5) is 15.4. The Hall–Kier alpha value is -1.10. The molecule has 0 unspecified atom stereocenters. The number of pyridine rings is 1. The van der Waals surface area contributed by atoms with Crippen LogP contribution in [0.5, 0.6) is 5.75 Å². The zero-order valence-corrected chi connectivity index (χ0v) is 11.0. The highest BCUT2D eigenvalue weighted by molar-refractivity contribution is 9.10. The lowest BCUT2D eigenvalue weighted by molar-refractivity contribution is -0.123. The second-order valence-electron chi connectivity index (χ2n) is 3.78. The number of nitrogens with one attached hydrogen (secondary N) is 1. The van der Waals surface area contributed by atoms with Crippen LogP contribution in [-0.4, -0.2) is 24.0 Å². The summed E-state index contributed by atoms with van der Waals surface area (Å²) in [6.07, 6.45) is 1.65. The first-order valence-corrected chi connectivity index (χ1v) is 5.89. The molecule has 1 amide bonds. The fourth-order valence-electron chi connectivity index (χ4n) is 0.991. The predicted octanol–water partition coefficient (Wildman–Crippen LogP) is 2.00. The first-order valence-electron chi connectivity index (χ1n) is 5.09. The SMILES string of the molecule is CC(C)CNC(=O)COc1cccnc1Br.